The number of non-ortho nitro benzene ring substituents is 1. The molecule has 2 atom stereocenters. The maximum atomic E-state index is 11.4. The van der Waals surface area contributed by atoms with E-state index in [1.165, 1.54) is 18.2 Å². The van der Waals surface area contributed by atoms with E-state index in [0.29, 0.717) is 10.2 Å². The first-order valence-electron chi connectivity index (χ1n) is 5.58. The van der Waals surface area contributed by atoms with Crippen LogP contribution in [0.2, 0.25) is 0 Å². The molecule has 1 saturated heterocycles. The average Bonchev–Trinajstić information content (AvgIpc) is 2.71. The highest BCUT2D eigenvalue weighted by Gasteiger charge is 2.35. The van der Waals surface area contributed by atoms with Gasteiger partial charge in [0.15, 0.2) is 0 Å². The SMILES string of the molecule is NC(=O)[C@@H]1C[C@@H](O)CN1c1ccc([N+](=O)[O-])cc1Br. The number of nitro benzene ring substituents is 1. The van der Waals surface area contributed by atoms with Gasteiger partial charge in [0.2, 0.25) is 5.91 Å². The van der Waals surface area contributed by atoms with Gasteiger partial charge in [0.1, 0.15) is 6.04 Å². The van der Waals surface area contributed by atoms with Crippen molar-refractivity contribution in [3.63, 3.8) is 0 Å². The number of nitrogens with zero attached hydrogens (tertiary/aromatic N) is 2. The van der Waals surface area contributed by atoms with Crippen LogP contribution in [0.1, 0.15) is 6.42 Å². The number of amides is 1. The number of hydrogen-bond acceptors (Lipinski definition) is 5. The number of nitro groups is 1. The number of primary amides is 1. The first-order chi connectivity index (χ1) is 8.90. The molecule has 0 spiro atoms. The van der Waals surface area contributed by atoms with Crippen LogP contribution in [0.5, 0.6) is 0 Å². The van der Waals surface area contributed by atoms with Crippen molar-refractivity contribution in [1.82, 2.24) is 0 Å². The number of aliphatic hydroxyl groups excluding tert-OH is 1. The summed E-state index contributed by atoms with van der Waals surface area (Å²) in [7, 11) is 0. The number of carbonyl (C=O) groups excluding carboxylic acids is 1. The minimum atomic E-state index is -0.639. The molecule has 1 amide bonds. The van der Waals surface area contributed by atoms with E-state index in [1.54, 1.807) is 4.90 Å². The van der Waals surface area contributed by atoms with Gasteiger partial charge in [-0.05, 0) is 22.0 Å². The zero-order valence-electron chi connectivity index (χ0n) is 9.82. The van der Waals surface area contributed by atoms with E-state index in [0.717, 1.165) is 0 Å². The minimum absolute atomic E-state index is 0.0500. The molecule has 102 valence electrons. The standard InChI is InChI=1S/C11H12BrN3O4/c12-8-3-6(15(18)19)1-2-9(8)14-5-7(16)4-10(14)11(13)17/h1-3,7,10,16H,4-5H2,(H2,13,17)/t7-,10+/m1/s1. The van der Waals surface area contributed by atoms with E-state index in [-0.39, 0.29) is 18.7 Å². The monoisotopic (exact) mass is 329 g/mol. The molecule has 0 aliphatic carbocycles. The lowest BCUT2D eigenvalue weighted by atomic mass is 10.2. The van der Waals surface area contributed by atoms with Gasteiger partial charge in [0.25, 0.3) is 5.69 Å². The van der Waals surface area contributed by atoms with Gasteiger partial charge in [0.05, 0.1) is 16.7 Å². The van der Waals surface area contributed by atoms with E-state index in [1.807, 2.05) is 0 Å². The van der Waals surface area contributed by atoms with Crippen molar-refractivity contribution in [2.75, 3.05) is 11.4 Å². The van der Waals surface area contributed by atoms with Crippen molar-refractivity contribution >= 4 is 33.2 Å². The van der Waals surface area contributed by atoms with Gasteiger partial charge in [-0.3, -0.25) is 14.9 Å². The Morgan fingerprint density at radius 1 is 1.58 bits per heavy atom. The van der Waals surface area contributed by atoms with Crippen molar-refractivity contribution in [3.8, 4) is 0 Å². The largest absolute Gasteiger partial charge is 0.391 e. The lowest BCUT2D eigenvalue weighted by Gasteiger charge is -2.25. The topological polar surface area (TPSA) is 110 Å². The van der Waals surface area contributed by atoms with Gasteiger partial charge in [-0.25, -0.2) is 0 Å². The normalized spacial score (nSPS) is 22.5. The molecule has 7 nitrogen and oxygen atoms in total. The number of aliphatic hydroxyl groups is 1. The molecule has 1 fully saturated rings. The van der Waals surface area contributed by atoms with Crippen molar-refractivity contribution in [1.29, 1.82) is 0 Å². The number of benzene rings is 1. The van der Waals surface area contributed by atoms with E-state index in [9.17, 15) is 20.0 Å². The van der Waals surface area contributed by atoms with Gasteiger partial charge in [-0.1, -0.05) is 0 Å². The number of rotatable bonds is 3. The predicted octanol–water partition coefficient (Wildman–Crippen LogP) is 0.782. The summed E-state index contributed by atoms with van der Waals surface area (Å²) in [5.74, 6) is -0.526. The molecule has 0 saturated carbocycles. The number of nitrogens with two attached hydrogens (primary N) is 1. The van der Waals surface area contributed by atoms with Crippen LogP contribution in [-0.2, 0) is 4.79 Å². The molecule has 1 aliphatic rings. The third kappa shape index (κ3) is 2.69. The molecule has 0 bridgehead atoms. The fourth-order valence-corrected chi connectivity index (χ4v) is 2.79. The van der Waals surface area contributed by atoms with Crippen LogP contribution < -0.4 is 10.6 Å². The van der Waals surface area contributed by atoms with Gasteiger partial charge < -0.3 is 15.7 Å². The summed E-state index contributed by atoms with van der Waals surface area (Å²) in [6.45, 7) is 0.268. The summed E-state index contributed by atoms with van der Waals surface area (Å²) >= 11 is 3.24. The quantitative estimate of drug-likeness (QED) is 0.629. The van der Waals surface area contributed by atoms with Gasteiger partial charge in [-0.15, -0.1) is 0 Å². The number of carbonyl (C=O) groups is 1. The second-order valence-electron chi connectivity index (χ2n) is 4.35. The molecular formula is C11H12BrN3O4. The second-order valence-corrected chi connectivity index (χ2v) is 5.21. The molecule has 0 aromatic heterocycles. The zero-order chi connectivity index (χ0) is 14.2. The highest BCUT2D eigenvalue weighted by atomic mass is 79.9. The Morgan fingerprint density at radius 2 is 2.26 bits per heavy atom. The third-order valence-corrected chi connectivity index (χ3v) is 3.69. The van der Waals surface area contributed by atoms with Crippen LogP contribution >= 0.6 is 15.9 Å². The minimum Gasteiger partial charge on any atom is -0.391 e. The van der Waals surface area contributed by atoms with Crippen LogP contribution in [0.4, 0.5) is 11.4 Å². The molecule has 19 heavy (non-hydrogen) atoms. The first-order valence-corrected chi connectivity index (χ1v) is 6.37. The number of anilines is 1. The molecular weight excluding hydrogens is 318 g/mol. The van der Waals surface area contributed by atoms with Crippen LogP contribution in [-0.4, -0.2) is 34.6 Å². The van der Waals surface area contributed by atoms with Crippen LogP contribution in [0.15, 0.2) is 22.7 Å². The fourth-order valence-electron chi connectivity index (χ4n) is 2.19. The number of β-amino-alcohol motifs (C(OH)–C–C–N with tert-alkyl or cyclic N) is 1. The Kier molecular flexibility index (Phi) is 3.72. The maximum absolute atomic E-state index is 11.4. The molecule has 3 N–H and O–H groups in total. The molecule has 1 aliphatic heterocycles. The van der Waals surface area contributed by atoms with E-state index in [2.05, 4.69) is 15.9 Å². The summed E-state index contributed by atoms with van der Waals surface area (Å²) in [5, 5.41) is 20.3. The third-order valence-electron chi connectivity index (χ3n) is 3.06. The summed E-state index contributed by atoms with van der Waals surface area (Å²) in [6, 6.07) is 3.64. The van der Waals surface area contributed by atoms with Crippen molar-refractivity contribution in [3.05, 3.63) is 32.8 Å². The fraction of sp³-hybridized carbons (Fsp3) is 0.364. The molecule has 0 radical (unpaired) electrons. The second kappa shape index (κ2) is 5.14. The molecule has 1 heterocycles. The average molecular weight is 330 g/mol. The number of hydrogen-bond donors (Lipinski definition) is 2. The Morgan fingerprint density at radius 3 is 2.79 bits per heavy atom. The van der Waals surface area contributed by atoms with Gasteiger partial charge in [-0.2, -0.15) is 0 Å². The summed E-state index contributed by atoms with van der Waals surface area (Å²) in [4.78, 5) is 23.2. The summed E-state index contributed by atoms with van der Waals surface area (Å²) < 4.78 is 0.488. The van der Waals surface area contributed by atoms with Crippen LogP contribution in [0, 0.1) is 10.1 Å². The van der Waals surface area contributed by atoms with E-state index >= 15 is 0 Å². The van der Waals surface area contributed by atoms with Crippen molar-refractivity contribution in [2.24, 2.45) is 5.73 Å². The Hall–Kier alpha value is -1.67. The smallest absolute Gasteiger partial charge is 0.270 e. The first kappa shape index (κ1) is 13.8. The van der Waals surface area contributed by atoms with E-state index < -0.39 is 23.0 Å². The van der Waals surface area contributed by atoms with Crippen LogP contribution in [0.3, 0.4) is 0 Å². The van der Waals surface area contributed by atoms with Gasteiger partial charge in [0, 0.05) is 29.6 Å². The maximum Gasteiger partial charge on any atom is 0.270 e. The van der Waals surface area contributed by atoms with Crippen LogP contribution in [0.25, 0.3) is 0 Å². The highest BCUT2D eigenvalue weighted by molar-refractivity contribution is 9.10. The lowest BCUT2D eigenvalue weighted by molar-refractivity contribution is -0.384. The Labute approximate surface area is 117 Å². The number of halogens is 1. The highest BCUT2D eigenvalue weighted by Crippen LogP contribution is 2.34. The van der Waals surface area contributed by atoms with Crippen molar-refractivity contribution < 1.29 is 14.8 Å². The zero-order valence-corrected chi connectivity index (χ0v) is 11.4. The molecule has 8 heteroatoms. The lowest BCUT2D eigenvalue weighted by Crippen LogP contribution is -2.40. The predicted molar refractivity (Wildman–Crippen MR) is 71.7 cm³/mol. The summed E-state index contributed by atoms with van der Waals surface area (Å²) in [6.07, 6.45) is -0.377. The molecule has 1 aromatic carbocycles. The van der Waals surface area contributed by atoms with E-state index in [4.69, 9.17) is 5.73 Å². The summed E-state index contributed by atoms with van der Waals surface area (Å²) in [5.41, 5.74) is 5.85. The Bertz CT molecular complexity index is 537. The van der Waals surface area contributed by atoms with Crippen molar-refractivity contribution in [2.45, 2.75) is 18.6 Å². The molecule has 2 rings (SSSR count). The Balaban J connectivity index is 2.36. The molecule has 1 aromatic rings. The van der Waals surface area contributed by atoms with Gasteiger partial charge >= 0.3 is 0 Å². The molecule has 0 unspecified atom stereocenters.